The van der Waals surface area contributed by atoms with E-state index >= 15 is 0 Å². The van der Waals surface area contributed by atoms with Gasteiger partial charge in [0.2, 0.25) is 0 Å². The van der Waals surface area contributed by atoms with Crippen LogP contribution in [0, 0.1) is 0 Å². The summed E-state index contributed by atoms with van der Waals surface area (Å²) in [5.41, 5.74) is 3.53. The Balaban J connectivity index is 1.92. The van der Waals surface area contributed by atoms with Crippen molar-refractivity contribution in [3.8, 4) is 11.1 Å². The zero-order valence-corrected chi connectivity index (χ0v) is 16.6. The van der Waals surface area contributed by atoms with Crippen LogP contribution in [-0.4, -0.2) is 25.2 Å². The van der Waals surface area contributed by atoms with Gasteiger partial charge in [-0.05, 0) is 43.5 Å². The first-order valence-corrected chi connectivity index (χ1v) is 9.73. The van der Waals surface area contributed by atoms with Crippen molar-refractivity contribution in [2.45, 2.75) is 26.7 Å². The van der Waals surface area contributed by atoms with Crippen molar-refractivity contribution in [2.24, 2.45) is 0 Å². The Kier molecular flexibility index (Phi) is 6.85. The molecule has 150 valence electrons. The summed E-state index contributed by atoms with van der Waals surface area (Å²) in [6.07, 6.45) is 2.87. The van der Waals surface area contributed by atoms with E-state index in [1.54, 1.807) is 38.1 Å². The highest BCUT2D eigenvalue weighted by Crippen LogP contribution is 2.31. The molecule has 5 nitrogen and oxygen atoms in total. The Bertz CT molecular complexity index is 955. The van der Waals surface area contributed by atoms with E-state index in [2.05, 4.69) is 12.1 Å². The number of benzene rings is 2. The lowest BCUT2D eigenvalue weighted by molar-refractivity contribution is 0.0516. The molecule has 0 aliphatic heterocycles. The molecule has 0 amide bonds. The van der Waals surface area contributed by atoms with Gasteiger partial charge >= 0.3 is 11.9 Å². The van der Waals surface area contributed by atoms with E-state index < -0.39 is 5.97 Å². The Hall–Kier alpha value is -3.34. The Labute approximate surface area is 170 Å². The predicted molar refractivity (Wildman–Crippen MR) is 110 cm³/mol. The molecule has 0 aliphatic rings. The molecule has 0 N–H and O–H groups in total. The standard InChI is InChI=1S/C24H24O5/c1-3-27-23(25)19-13-11-18(12-14-19)22-20(24(26)28-4-2)16-29-21(22)15-10-17-8-6-5-7-9-17/h5-9,11-14,16H,3-4,10,15H2,1-2H3. The Morgan fingerprint density at radius 1 is 0.828 bits per heavy atom. The molecule has 3 rings (SSSR count). The van der Waals surface area contributed by atoms with Crippen molar-refractivity contribution in [1.29, 1.82) is 0 Å². The van der Waals surface area contributed by atoms with E-state index in [0.29, 0.717) is 35.5 Å². The topological polar surface area (TPSA) is 65.7 Å². The van der Waals surface area contributed by atoms with Crippen molar-refractivity contribution in [1.82, 2.24) is 0 Å². The third kappa shape index (κ3) is 4.93. The maximum atomic E-state index is 12.4. The summed E-state index contributed by atoms with van der Waals surface area (Å²) >= 11 is 0. The molecule has 0 fully saturated rings. The molecule has 0 unspecified atom stereocenters. The molecule has 0 radical (unpaired) electrons. The molecule has 1 aromatic heterocycles. The quantitative estimate of drug-likeness (QED) is 0.500. The van der Waals surface area contributed by atoms with Crippen molar-refractivity contribution < 1.29 is 23.5 Å². The molecule has 0 atom stereocenters. The summed E-state index contributed by atoms with van der Waals surface area (Å²) in [5.74, 6) is -0.0892. The number of carbonyl (C=O) groups excluding carboxylic acids is 2. The summed E-state index contributed by atoms with van der Waals surface area (Å²) in [5, 5.41) is 0. The predicted octanol–water partition coefficient (Wildman–Crippen LogP) is 5.09. The van der Waals surface area contributed by atoms with Gasteiger partial charge in [0.25, 0.3) is 0 Å². The third-order valence-electron chi connectivity index (χ3n) is 4.53. The highest BCUT2D eigenvalue weighted by Gasteiger charge is 2.22. The van der Waals surface area contributed by atoms with Crippen LogP contribution in [0.3, 0.4) is 0 Å². The molecule has 5 heteroatoms. The fourth-order valence-electron chi connectivity index (χ4n) is 3.15. The summed E-state index contributed by atoms with van der Waals surface area (Å²) < 4.78 is 16.0. The molecule has 2 aromatic carbocycles. The summed E-state index contributed by atoms with van der Waals surface area (Å²) in [6.45, 7) is 4.13. The molecule has 3 aromatic rings. The molecule has 0 aliphatic carbocycles. The highest BCUT2D eigenvalue weighted by molar-refractivity contribution is 5.98. The lowest BCUT2D eigenvalue weighted by atomic mass is 9.97. The van der Waals surface area contributed by atoms with E-state index in [-0.39, 0.29) is 12.6 Å². The van der Waals surface area contributed by atoms with Crippen LogP contribution in [0.1, 0.15) is 45.9 Å². The Morgan fingerprint density at radius 3 is 2.14 bits per heavy atom. The fraction of sp³-hybridized carbons (Fsp3) is 0.250. The minimum atomic E-state index is -0.424. The lowest BCUT2D eigenvalue weighted by Crippen LogP contribution is -2.06. The first-order chi connectivity index (χ1) is 14.1. The maximum absolute atomic E-state index is 12.4. The number of hydrogen-bond donors (Lipinski definition) is 0. The minimum absolute atomic E-state index is 0.282. The van der Waals surface area contributed by atoms with Crippen LogP contribution in [0.5, 0.6) is 0 Å². The maximum Gasteiger partial charge on any atom is 0.342 e. The number of furan rings is 1. The lowest BCUT2D eigenvalue weighted by Gasteiger charge is -2.08. The minimum Gasteiger partial charge on any atom is -0.468 e. The second kappa shape index (κ2) is 9.73. The van der Waals surface area contributed by atoms with Gasteiger partial charge in [-0.3, -0.25) is 0 Å². The largest absolute Gasteiger partial charge is 0.468 e. The van der Waals surface area contributed by atoms with Crippen LogP contribution >= 0.6 is 0 Å². The van der Waals surface area contributed by atoms with Gasteiger partial charge in [0, 0.05) is 12.0 Å². The first kappa shape index (κ1) is 20.4. The van der Waals surface area contributed by atoms with Gasteiger partial charge in [0.15, 0.2) is 0 Å². The molecule has 29 heavy (non-hydrogen) atoms. The summed E-state index contributed by atoms with van der Waals surface area (Å²) in [7, 11) is 0. The SMILES string of the molecule is CCOC(=O)c1ccc(-c2c(C(=O)OCC)coc2CCc2ccccc2)cc1. The van der Waals surface area contributed by atoms with E-state index in [4.69, 9.17) is 13.9 Å². The average molecular weight is 392 g/mol. The number of aryl methyl sites for hydroxylation is 2. The monoisotopic (exact) mass is 392 g/mol. The van der Waals surface area contributed by atoms with E-state index in [9.17, 15) is 9.59 Å². The average Bonchev–Trinajstić information content (AvgIpc) is 3.17. The van der Waals surface area contributed by atoms with Gasteiger partial charge in [-0.2, -0.15) is 0 Å². The smallest absolute Gasteiger partial charge is 0.342 e. The number of hydrogen-bond acceptors (Lipinski definition) is 5. The van der Waals surface area contributed by atoms with Gasteiger partial charge in [-0.25, -0.2) is 9.59 Å². The van der Waals surface area contributed by atoms with Gasteiger partial charge in [0.1, 0.15) is 17.6 Å². The molecule has 0 bridgehead atoms. The number of esters is 2. The van der Waals surface area contributed by atoms with Crippen molar-refractivity contribution in [3.05, 3.63) is 83.3 Å². The van der Waals surface area contributed by atoms with Gasteiger partial charge in [-0.1, -0.05) is 42.5 Å². The molecule has 0 spiro atoms. The summed E-state index contributed by atoms with van der Waals surface area (Å²) in [4.78, 5) is 24.3. The molecule has 0 saturated carbocycles. The van der Waals surface area contributed by atoms with E-state index in [0.717, 1.165) is 12.0 Å². The highest BCUT2D eigenvalue weighted by atomic mass is 16.5. The van der Waals surface area contributed by atoms with Gasteiger partial charge in [-0.15, -0.1) is 0 Å². The van der Waals surface area contributed by atoms with Crippen molar-refractivity contribution in [3.63, 3.8) is 0 Å². The fourth-order valence-corrected chi connectivity index (χ4v) is 3.15. The summed E-state index contributed by atoms with van der Waals surface area (Å²) in [6, 6.07) is 17.1. The van der Waals surface area contributed by atoms with Gasteiger partial charge < -0.3 is 13.9 Å². The van der Waals surface area contributed by atoms with Crippen molar-refractivity contribution >= 4 is 11.9 Å². The van der Waals surface area contributed by atoms with E-state index in [1.807, 2.05) is 18.2 Å². The first-order valence-electron chi connectivity index (χ1n) is 9.73. The number of rotatable bonds is 8. The molecule has 1 heterocycles. The van der Waals surface area contributed by atoms with Crippen LogP contribution in [-0.2, 0) is 22.3 Å². The Morgan fingerprint density at radius 2 is 1.48 bits per heavy atom. The molecular weight excluding hydrogens is 368 g/mol. The second-order valence-electron chi connectivity index (χ2n) is 6.45. The van der Waals surface area contributed by atoms with Crippen LogP contribution in [0.15, 0.2) is 65.3 Å². The van der Waals surface area contributed by atoms with Crippen molar-refractivity contribution in [2.75, 3.05) is 13.2 Å². The van der Waals surface area contributed by atoms with Gasteiger partial charge in [0.05, 0.1) is 18.8 Å². The number of carbonyl (C=O) groups is 2. The second-order valence-corrected chi connectivity index (χ2v) is 6.45. The zero-order chi connectivity index (χ0) is 20.6. The zero-order valence-electron chi connectivity index (χ0n) is 16.6. The molecule has 0 saturated heterocycles. The van der Waals surface area contributed by atoms with Crippen LogP contribution in [0.4, 0.5) is 0 Å². The normalized spacial score (nSPS) is 10.6. The van der Waals surface area contributed by atoms with Crippen LogP contribution in [0.25, 0.3) is 11.1 Å². The van der Waals surface area contributed by atoms with Crippen LogP contribution in [0.2, 0.25) is 0 Å². The third-order valence-corrected chi connectivity index (χ3v) is 4.53. The number of ether oxygens (including phenoxy) is 2. The molecular formula is C24H24O5. The van der Waals surface area contributed by atoms with Crippen LogP contribution < -0.4 is 0 Å². The van der Waals surface area contributed by atoms with E-state index in [1.165, 1.54) is 11.8 Å².